The highest BCUT2D eigenvalue weighted by Gasteiger charge is 2.33. The third-order valence-electron chi connectivity index (χ3n) is 4.98. The minimum Gasteiger partial charge on any atom is -0.378 e. The fraction of sp³-hybridized carbons (Fsp3) is 0.381. The molecule has 0 aromatic heterocycles. The van der Waals surface area contributed by atoms with Crippen LogP contribution < -0.4 is 10.6 Å². The molecule has 2 atom stereocenters. The van der Waals surface area contributed by atoms with E-state index in [9.17, 15) is 4.79 Å². The van der Waals surface area contributed by atoms with Crippen LogP contribution in [0.25, 0.3) is 11.1 Å². The molecule has 1 fully saturated rings. The number of amides is 2. The quantitative estimate of drug-likeness (QED) is 0.865. The number of likely N-dealkylation sites (N-methyl/N-ethyl adjacent to an activating group) is 1. The molecular formula is C21H27N3O2. The Morgan fingerprint density at radius 1 is 1.19 bits per heavy atom. The average molecular weight is 353 g/mol. The van der Waals surface area contributed by atoms with Crippen molar-refractivity contribution < 1.29 is 9.53 Å². The van der Waals surface area contributed by atoms with E-state index in [4.69, 9.17) is 4.74 Å². The number of urea groups is 1. The number of nitrogens with one attached hydrogen (secondary N) is 2. The Hall–Kier alpha value is -2.37. The lowest BCUT2D eigenvalue weighted by atomic mass is 10.0. The highest BCUT2D eigenvalue weighted by Crippen LogP contribution is 2.25. The second-order valence-electron chi connectivity index (χ2n) is 6.73. The minimum absolute atomic E-state index is 0.000463. The number of nitrogens with zero attached hydrogens (tertiary/aromatic N) is 1. The number of carbonyl (C=O) groups excluding carboxylic acids is 1. The van der Waals surface area contributed by atoms with Crippen LogP contribution in [0.1, 0.15) is 12.5 Å². The van der Waals surface area contributed by atoms with E-state index in [1.54, 1.807) is 7.11 Å². The molecule has 0 unspecified atom stereocenters. The van der Waals surface area contributed by atoms with Crippen molar-refractivity contribution in [1.82, 2.24) is 10.2 Å². The van der Waals surface area contributed by atoms with Crippen molar-refractivity contribution in [1.29, 1.82) is 0 Å². The van der Waals surface area contributed by atoms with Crippen LogP contribution in [0.15, 0.2) is 48.5 Å². The first kappa shape index (κ1) is 18.4. The van der Waals surface area contributed by atoms with Crippen molar-refractivity contribution in [3.63, 3.8) is 0 Å². The number of methoxy groups -OCH3 is 1. The van der Waals surface area contributed by atoms with Gasteiger partial charge in [-0.3, -0.25) is 4.90 Å². The third-order valence-corrected chi connectivity index (χ3v) is 4.98. The Kier molecular flexibility index (Phi) is 5.91. The number of carbonyl (C=O) groups is 1. The third kappa shape index (κ3) is 4.23. The minimum atomic E-state index is -0.197. The molecule has 5 nitrogen and oxygen atoms in total. The Bertz CT molecular complexity index is 762. The summed E-state index contributed by atoms with van der Waals surface area (Å²) in [6, 6.07) is 16.0. The molecule has 1 heterocycles. The van der Waals surface area contributed by atoms with E-state index in [1.165, 1.54) is 11.1 Å². The molecule has 2 aromatic carbocycles. The molecule has 26 heavy (non-hydrogen) atoms. The van der Waals surface area contributed by atoms with Crippen molar-refractivity contribution in [2.75, 3.05) is 32.1 Å². The van der Waals surface area contributed by atoms with Gasteiger partial charge in [0.25, 0.3) is 0 Å². The zero-order chi connectivity index (χ0) is 18.5. The van der Waals surface area contributed by atoms with Crippen molar-refractivity contribution in [2.24, 2.45) is 0 Å². The normalized spacial score (nSPS) is 20.1. The monoisotopic (exact) mass is 353 g/mol. The Morgan fingerprint density at radius 2 is 2.00 bits per heavy atom. The van der Waals surface area contributed by atoms with Crippen LogP contribution in [0.3, 0.4) is 0 Å². The van der Waals surface area contributed by atoms with Gasteiger partial charge in [0.15, 0.2) is 0 Å². The maximum atomic E-state index is 12.4. The maximum Gasteiger partial charge on any atom is 0.319 e. The van der Waals surface area contributed by atoms with Crippen LogP contribution in [0.2, 0.25) is 0 Å². The van der Waals surface area contributed by atoms with Crippen molar-refractivity contribution in [3.8, 4) is 11.1 Å². The van der Waals surface area contributed by atoms with Gasteiger partial charge in [-0.15, -0.1) is 0 Å². The van der Waals surface area contributed by atoms with Crippen LogP contribution in [0.5, 0.6) is 0 Å². The Labute approximate surface area is 155 Å². The second-order valence-corrected chi connectivity index (χ2v) is 6.73. The molecule has 0 spiro atoms. The van der Waals surface area contributed by atoms with Gasteiger partial charge in [0.2, 0.25) is 0 Å². The lowest BCUT2D eigenvalue weighted by molar-refractivity contribution is 0.0926. The lowest BCUT2D eigenvalue weighted by Gasteiger charge is -2.19. The van der Waals surface area contributed by atoms with E-state index >= 15 is 0 Å². The van der Waals surface area contributed by atoms with Crippen molar-refractivity contribution >= 4 is 11.7 Å². The standard InChI is InChI=1S/C21H27N3O2/c1-4-24-13-19(20(14-24)26-3)23-21(25)22-17-10-7-9-16(12-17)18-11-6-5-8-15(18)2/h5-12,19-20H,4,13-14H2,1-3H3,(H2,22,23,25)/t19-,20-/m1/s1. The largest absolute Gasteiger partial charge is 0.378 e. The molecule has 0 aliphatic carbocycles. The topological polar surface area (TPSA) is 53.6 Å². The second kappa shape index (κ2) is 8.34. The first-order chi connectivity index (χ1) is 12.6. The van der Waals surface area contributed by atoms with Gasteiger partial charge in [0, 0.05) is 25.9 Å². The van der Waals surface area contributed by atoms with Gasteiger partial charge >= 0.3 is 6.03 Å². The molecule has 0 bridgehead atoms. The Balaban J connectivity index is 1.67. The summed E-state index contributed by atoms with van der Waals surface area (Å²) in [5, 5.41) is 6.00. The number of rotatable bonds is 5. The first-order valence-corrected chi connectivity index (χ1v) is 9.09. The number of hydrogen-bond acceptors (Lipinski definition) is 3. The van der Waals surface area contributed by atoms with Crippen molar-refractivity contribution in [3.05, 3.63) is 54.1 Å². The highest BCUT2D eigenvalue weighted by atomic mass is 16.5. The number of likely N-dealkylation sites (tertiary alicyclic amines) is 1. The first-order valence-electron chi connectivity index (χ1n) is 9.09. The van der Waals surface area contributed by atoms with Crippen LogP contribution in [-0.4, -0.2) is 49.8 Å². The lowest BCUT2D eigenvalue weighted by Crippen LogP contribution is -2.45. The molecule has 2 amide bonds. The molecule has 0 radical (unpaired) electrons. The van der Waals surface area contributed by atoms with Crippen molar-refractivity contribution in [2.45, 2.75) is 26.0 Å². The maximum absolute atomic E-state index is 12.4. The highest BCUT2D eigenvalue weighted by molar-refractivity contribution is 5.90. The van der Waals surface area contributed by atoms with E-state index in [-0.39, 0.29) is 18.2 Å². The van der Waals surface area contributed by atoms with Gasteiger partial charge in [-0.2, -0.15) is 0 Å². The summed E-state index contributed by atoms with van der Waals surface area (Å²) in [6.45, 7) is 6.82. The summed E-state index contributed by atoms with van der Waals surface area (Å²) >= 11 is 0. The summed E-state index contributed by atoms with van der Waals surface area (Å²) in [6.07, 6.45) is 0.0269. The van der Waals surface area contributed by atoms with Gasteiger partial charge in [-0.1, -0.05) is 43.3 Å². The predicted molar refractivity (Wildman–Crippen MR) is 105 cm³/mol. The Morgan fingerprint density at radius 3 is 2.73 bits per heavy atom. The van der Waals surface area contributed by atoms with E-state index in [2.05, 4.69) is 47.6 Å². The van der Waals surface area contributed by atoms with Gasteiger partial charge < -0.3 is 15.4 Å². The van der Waals surface area contributed by atoms with E-state index < -0.39 is 0 Å². The van der Waals surface area contributed by atoms with E-state index in [0.29, 0.717) is 0 Å². The number of hydrogen-bond donors (Lipinski definition) is 2. The fourth-order valence-electron chi connectivity index (χ4n) is 3.48. The summed E-state index contributed by atoms with van der Waals surface area (Å²) in [5.41, 5.74) is 4.25. The number of anilines is 1. The van der Waals surface area contributed by atoms with Gasteiger partial charge in [-0.25, -0.2) is 4.79 Å². The number of aryl methyl sites for hydroxylation is 1. The summed E-state index contributed by atoms with van der Waals surface area (Å²) in [7, 11) is 1.70. The van der Waals surface area contributed by atoms with Gasteiger partial charge in [0.1, 0.15) is 0 Å². The van der Waals surface area contributed by atoms with Crippen LogP contribution in [0.4, 0.5) is 10.5 Å². The summed E-state index contributed by atoms with van der Waals surface area (Å²) < 4.78 is 5.51. The SMILES string of the molecule is CCN1C[C@@H](NC(=O)Nc2cccc(-c3ccccc3C)c2)[C@H](OC)C1. The number of benzene rings is 2. The smallest absolute Gasteiger partial charge is 0.319 e. The molecular weight excluding hydrogens is 326 g/mol. The predicted octanol–water partition coefficient (Wildman–Crippen LogP) is 3.50. The van der Waals surface area contributed by atoms with Crippen LogP contribution in [0, 0.1) is 6.92 Å². The summed E-state index contributed by atoms with van der Waals surface area (Å²) in [4.78, 5) is 14.7. The molecule has 138 valence electrons. The zero-order valence-corrected chi connectivity index (χ0v) is 15.7. The molecule has 1 aliphatic rings. The number of ether oxygens (including phenoxy) is 1. The molecule has 0 saturated carbocycles. The molecule has 1 aliphatic heterocycles. The van der Waals surface area contributed by atoms with E-state index in [0.717, 1.165) is 30.9 Å². The molecule has 3 rings (SSSR count). The fourth-order valence-corrected chi connectivity index (χ4v) is 3.48. The zero-order valence-electron chi connectivity index (χ0n) is 15.7. The van der Waals surface area contributed by atoms with E-state index in [1.807, 2.05) is 30.3 Å². The van der Waals surface area contributed by atoms with Gasteiger partial charge in [-0.05, 0) is 42.3 Å². The molecule has 2 aromatic rings. The molecule has 5 heteroatoms. The molecule has 2 N–H and O–H groups in total. The average Bonchev–Trinajstić information content (AvgIpc) is 3.04. The molecule has 1 saturated heterocycles. The van der Waals surface area contributed by atoms with Crippen LogP contribution >= 0.6 is 0 Å². The van der Waals surface area contributed by atoms with Gasteiger partial charge in [0.05, 0.1) is 12.1 Å². The van der Waals surface area contributed by atoms with Crippen LogP contribution in [-0.2, 0) is 4.74 Å². The summed E-state index contributed by atoms with van der Waals surface area (Å²) in [5.74, 6) is 0.